The lowest BCUT2D eigenvalue weighted by Gasteiger charge is -2.26. The van der Waals surface area contributed by atoms with E-state index in [0.29, 0.717) is 12.2 Å². The minimum atomic E-state index is -0.307. The summed E-state index contributed by atoms with van der Waals surface area (Å²) in [6, 6.07) is 7.75. The fourth-order valence-electron chi connectivity index (χ4n) is 4.58. The van der Waals surface area contributed by atoms with Crippen molar-refractivity contribution in [2.45, 2.75) is 57.8 Å². The smallest absolute Gasteiger partial charge is 0.234 e. The molecule has 1 aromatic rings. The van der Waals surface area contributed by atoms with Crippen molar-refractivity contribution >= 4 is 17.5 Å². The number of carbonyl (C=O) groups is 2. The Labute approximate surface area is 144 Å². The Kier molecular flexibility index (Phi) is 4.66. The second-order valence-electron chi connectivity index (χ2n) is 7.26. The van der Waals surface area contributed by atoms with Gasteiger partial charge in [0, 0.05) is 17.6 Å². The van der Waals surface area contributed by atoms with Gasteiger partial charge in [0.2, 0.25) is 11.8 Å². The molecular formula is C20H28N2O2. The molecule has 24 heavy (non-hydrogen) atoms. The number of unbranched alkanes of at least 4 members (excludes halogenated alkanes) is 3. The van der Waals surface area contributed by atoms with E-state index < -0.39 is 0 Å². The molecule has 0 bridgehead atoms. The van der Waals surface area contributed by atoms with Crippen molar-refractivity contribution in [2.75, 3.05) is 12.3 Å². The number of anilines is 1. The minimum absolute atomic E-state index is 0.0392. The molecular weight excluding hydrogens is 300 g/mol. The molecule has 1 aliphatic heterocycles. The molecule has 2 unspecified atom stereocenters. The Morgan fingerprint density at radius 1 is 1.04 bits per heavy atom. The number of likely N-dealkylation sites (tertiary alicyclic amines) is 1. The quantitative estimate of drug-likeness (QED) is 0.451. The van der Waals surface area contributed by atoms with Gasteiger partial charge < -0.3 is 5.73 Å². The average molecular weight is 328 g/mol. The fraction of sp³-hybridized carbons (Fsp3) is 0.600. The molecule has 2 amide bonds. The van der Waals surface area contributed by atoms with E-state index in [9.17, 15) is 9.59 Å². The second-order valence-corrected chi connectivity index (χ2v) is 7.26. The van der Waals surface area contributed by atoms with Crippen molar-refractivity contribution in [3.05, 3.63) is 29.8 Å². The Balaban J connectivity index is 1.78. The maximum Gasteiger partial charge on any atom is 0.234 e. The number of imide groups is 1. The average Bonchev–Trinajstić information content (AvgIpc) is 3.16. The predicted molar refractivity (Wildman–Crippen MR) is 95.3 cm³/mol. The van der Waals surface area contributed by atoms with Crippen LogP contribution in [-0.2, 0) is 15.0 Å². The molecule has 2 aliphatic rings. The summed E-state index contributed by atoms with van der Waals surface area (Å²) in [7, 11) is 0. The van der Waals surface area contributed by atoms with E-state index in [1.807, 2.05) is 24.3 Å². The number of benzene rings is 1. The van der Waals surface area contributed by atoms with E-state index in [1.54, 1.807) is 0 Å². The van der Waals surface area contributed by atoms with E-state index in [-0.39, 0.29) is 29.1 Å². The van der Waals surface area contributed by atoms with Crippen LogP contribution in [0.2, 0.25) is 0 Å². The van der Waals surface area contributed by atoms with Crippen LogP contribution in [-0.4, -0.2) is 23.3 Å². The molecule has 130 valence electrons. The minimum Gasteiger partial charge on any atom is -0.399 e. The van der Waals surface area contributed by atoms with Crippen molar-refractivity contribution in [3.8, 4) is 0 Å². The van der Waals surface area contributed by atoms with Crippen LogP contribution >= 0.6 is 0 Å². The number of piperidine rings is 1. The third-order valence-electron chi connectivity index (χ3n) is 5.72. The summed E-state index contributed by atoms with van der Waals surface area (Å²) in [4.78, 5) is 27.2. The predicted octanol–water partition coefficient (Wildman–Crippen LogP) is 3.50. The number of hydrogen-bond donors (Lipinski definition) is 1. The number of amides is 2. The normalized spacial score (nSPS) is 28.3. The molecule has 0 aromatic heterocycles. The first-order valence-corrected chi connectivity index (χ1v) is 9.29. The molecule has 0 spiro atoms. The topological polar surface area (TPSA) is 63.4 Å². The molecule has 0 radical (unpaired) electrons. The van der Waals surface area contributed by atoms with E-state index in [2.05, 4.69) is 13.8 Å². The molecule has 1 aromatic carbocycles. The van der Waals surface area contributed by atoms with E-state index in [0.717, 1.165) is 44.1 Å². The van der Waals surface area contributed by atoms with Crippen molar-refractivity contribution in [3.63, 3.8) is 0 Å². The molecule has 2 fully saturated rings. The van der Waals surface area contributed by atoms with Crippen LogP contribution in [0.4, 0.5) is 5.69 Å². The molecule has 1 saturated heterocycles. The van der Waals surface area contributed by atoms with Gasteiger partial charge >= 0.3 is 0 Å². The number of nitrogens with two attached hydrogens (primary N) is 1. The van der Waals surface area contributed by atoms with E-state index in [1.165, 1.54) is 4.90 Å². The zero-order valence-electron chi connectivity index (χ0n) is 14.8. The maximum atomic E-state index is 12.8. The number of carbonyl (C=O) groups excluding carboxylic acids is 2. The van der Waals surface area contributed by atoms with Gasteiger partial charge in [-0.25, -0.2) is 0 Å². The van der Waals surface area contributed by atoms with Gasteiger partial charge in [0.15, 0.2) is 0 Å². The summed E-state index contributed by atoms with van der Waals surface area (Å²) in [5.41, 5.74) is 7.39. The lowest BCUT2D eigenvalue weighted by molar-refractivity contribution is -0.142. The maximum absolute atomic E-state index is 12.8. The zero-order valence-corrected chi connectivity index (χ0v) is 14.8. The molecule has 3 rings (SSSR count). The van der Waals surface area contributed by atoms with Crippen molar-refractivity contribution < 1.29 is 9.59 Å². The number of nitrogen functional groups attached to an aromatic ring is 1. The largest absolute Gasteiger partial charge is 0.399 e. The first-order valence-electron chi connectivity index (χ1n) is 9.29. The molecule has 1 saturated carbocycles. The van der Waals surface area contributed by atoms with Gasteiger partial charge in [0.05, 0.1) is 11.8 Å². The monoisotopic (exact) mass is 328 g/mol. The summed E-state index contributed by atoms with van der Waals surface area (Å²) in [5, 5.41) is 0. The van der Waals surface area contributed by atoms with Gasteiger partial charge in [-0.1, -0.05) is 51.7 Å². The van der Waals surface area contributed by atoms with E-state index >= 15 is 0 Å². The van der Waals surface area contributed by atoms with Crippen molar-refractivity contribution in [2.24, 2.45) is 11.8 Å². The van der Waals surface area contributed by atoms with Crippen LogP contribution in [0, 0.1) is 11.8 Å². The van der Waals surface area contributed by atoms with Crippen LogP contribution in [0.3, 0.4) is 0 Å². The van der Waals surface area contributed by atoms with Gasteiger partial charge in [-0.3, -0.25) is 14.5 Å². The van der Waals surface area contributed by atoms with Crippen LogP contribution in [0.5, 0.6) is 0 Å². The summed E-state index contributed by atoms with van der Waals surface area (Å²) in [5.74, 6) is -0.259. The highest BCUT2D eigenvalue weighted by atomic mass is 16.2. The first kappa shape index (κ1) is 17.0. The highest BCUT2D eigenvalue weighted by Crippen LogP contribution is 2.67. The van der Waals surface area contributed by atoms with Crippen LogP contribution in [0.15, 0.2) is 24.3 Å². The first-order chi connectivity index (χ1) is 11.6. The molecule has 2 N–H and O–H groups in total. The third kappa shape index (κ3) is 2.52. The van der Waals surface area contributed by atoms with Crippen molar-refractivity contribution in [1.29, 1.82) is 0 Å². The van der Waals surface area contributed by atoms with Crippen LogP contribution in [0.1, 0.15) is 57.9 Å². The second kappa shape index (κ2) is 6.58. The summed E-state index contributed by atoms with van der Waals surface area (Å²) in [6.07, 6.45) is 6.14. The van der Waals surface area contributed by atoms with Gasteiger partial charge in [0.25, 0.3) is 0 Å². The van der Waals surface area contributed by atoms with E-state index in [4.69, 9.17) is 5.73 Å². The Hall–Kier alpha value is -1.84. The van der Waals surface area contributed by atoms with Gasteiger partial charge in [0.1, 0.15) is 0 Å². The number of rotatable bonds is 8. The van der Waals surface area contributed by atoms with Crippen LogP contribution < -0.4 is 5.73 Å². The highest BCUT2D eigenvalue weighted by molar-refractivity contribution is 6.11. The van der Waals surface area contributed by atoms with Crippen LogP contribution in [0.25, 0.3) is 0 Å². The zero-order chi connectivity index (χ0) is 17.3. The molecule has 4 nitrogen and oxygen atoms in total. The Bertz CT molecular complexity index is 618. The SMILES string of the molecule is CCCCCCN1C(=O)C2C(C1=O)C2(CCC)c1cccc(N)c1. The standard InChI is InChI=1S/C20H28N2O2/c1-3-5-6-7-12-22-18(23)16-17(19(22)24)20(16,11-4-2)14-9-8-10-15(21)13-14/h8-10,13,16-17H,3-7,11-12,21H2,1-2H3. The van der Waals surface area contributed by atoms with Gasteiger partial charge in [-0.2, -0.15) is 0 Å². The molecule has 4 heteroatoms. The Morgan fingerprint density at radius 2 is 1.75 bits per heavy atom. The number of hydrogen-bond acceptors (Lipinski definition) is 3. The summed E-state index contributed by atoms with van der Waals surface area (Å²) >= 11 is 0. The fourth-order valence-corrected chi connectivity index (χ4v) is 4.58. The van der Waals surface area contributed by atoms with Gasteiger partial charge in [-0.05, 0) is 30.5 Å². The number of nitrogens with zero attached hydrogens (tertiary/aromatic N) is 1. The Morgan fingerprint density at radius 3 is 2.33 bits per heavy atom. The highest BCUT2D eigenvalue weighted by Gasteiger charge is 2.76. The number of fused-ring (bicyclic) bond motifs is 1. The third-order valence-corrected chi connectivity index (χ3v) is 5.72. The lowest BCUT2D eigenvalue weighted by atomic mass is 9.85. The summed E-state index contributed by atoms with van der Waals surface area (Å²) < 4.78 is 0. The molecule has 2 atom stereocenters. The lowest BCUT2D eigenvalue weighted by Crippen LogP contribution is -2.39. The van der Waals surface area contributed by atoms with Crippen molar-refractivity contribution in [1.82, 2.24) is 4.90 Å². The molecule has 1 heterocycles. The van der Waals surface area contributed by atoms with Gasteiger partial charge in [-0.15, -0.1) is 0 Å². The molecule has 1 aliphatic carbocycles. The summed E-state index contributed by atoms with van der Waals surface area (Å²) in [6.45, 7) is 4.86.